The number of benzene rings is 1. The monoisotopic (exact) mass is 545 g/mol. The summed E-state index contributed by atoms with van der Waals surface area (Å²) in [5.74, 6) is -0.0292. The quantitative estimate of drug-likeness (QED) is 0.472. The van der Waals surface area contributed by atoms with Gasteiger partial charge in [-0.2, -0.15) is 0 Å². The van der Waals surface area contributed by atoms with E-state index in [-0.39, 0.29) is 23.3 Å². The van der Waals surface area contributed by atoms with Gasteiger partial charge in [-0.05, 0) is 49.7 Å². The van der Waals surface area contributed by atoms with Gasteiger partial charge in [0.1, 0.15) is 22.7 Å². The summed E-state index contributed by atoms with van der Waals surface area (Å²) in [5, 5.41) is 23.7. The Morgan fingerprint density at radius 3 is 2.58 bits per heavy atom. The number of rotatable bonds is 2. The van der Waals surface area contributed by atoms with E-state index in [2.05, 4.69) is 18.8 Å². The minimum atomic E-state index is -1.17. The lowest BCUT2D eigenvalue weighted by Crippen LogP contribution is -2.71. The molecule has 2 aliphatic carbocycles. The molecule has 0 amide bonds. The summed E-state index contributed by atoms with van der Waals surface area (Å²) < 4.78 is 25.1. The number of nitrogens with zero attached hydrogens (tertiary/aromatic N) is 1. The third-order valence-electron chi connectivity index (χ3n) is 10.5. The van der Waals surface area contributed by atoms with Crippen LogP contribution in [-0.2, 0) is 9.47 Å². The van der Waals surface area contributed by atoms with Crippen LogP contribution in [0.15, 0.2) is 70.1 Å². The summed E-state index contributed by atoms with van der Waals surface area (Å²) in [6.45, 7) is 6.68. The Balaban J connectivity index is 1.26. The lowest BCUT2D eigenvalue weighted by Gasteiger charge is -2.67. The molecule has 0 spiro atoms. The van der Waals surface area contributed by atoms with Crippen molar-refractivity contribution < 1.29 is 28.8 Å². The molecule has 0 bridgehead atoms. The van der Waals surface area contributed by atoms with Gasteiger partial charge in [0, 0.05) is 40.9 Å². The van der Waals surface area contributed by atoms with E-state index < -0.39 is 46.5 Å². The lowest BCUT2D eigenvalue weighted by atomic mass is 9.42. The Bertz CT molecular complexity index is 1480. The number of aromatic nitrogens is 1. The average Bonchev–Trinajstić information content (AvgIpc) is 2.94. The van der Waals surface area contributed by atoms with E-state index in [0.717, 1.165) is 18.4 Å². The smallest absolute Gasteiger partial charge is 0.345 e. The second-order valence-electron chi connectivity index (χ2n) is 12.7. The summed E-state index contributed by atoms with van der Waals surface area (Å²) in [6, 6.07) is 15.1. The van der Waals surface area contributed by atoms with Crippen LogP contribution in [0.1, 0.15) is 63.6 Å². The molecule has 2 N–H and O–H groups in total. The fourth-order valence-electron chi connectivity index (χ4n) is 8.49. The van der Waals surface area contributed by atoms with Crippen molar-refractivity contribution in [3.63, 3.8) is 0 Å². The summed E-state index contributed by atoms with van der Waals surface area (Å²) >= 11 is 0. The van der Waals surface area contributed by atoms with Crippen molar-refractivity contribution in [2.75, 3.05) is 6.61 Å². The summed E-state index contributed by atoms with van der Waals surface area (Å²) in [4.78, 5) is 17.4. The van der Waals surface area contributed by atoms with Crippen LogP contribution in [0.5, 0.6) is 5.75 Å². The van der Waals surface area contributed by atoms with E-state index in [1.54, 1.807) is 30.6 Å². The topological polar surface area (TPSA) is 111 Å². The van der Waals surface area contributed by atoms with Gasteiger partial charge in [-0.1, -0.05) is 44.2 Å². The Morgan fingerprint density at radius 1 is 1.02 bits per heavy atom. The third-order valence-corrected chi connectivity index (χ3v) is 10.5. The Morgan fingerprint density at radius 2 is 1.82 bits per heavy atom. The second-order valence-corrected chi connectivity index (χ2v) is 12.7. The van der Waals surface area contributed by atoms with Crippen LogP contribution < -0.4 is 10.4 Å². The Labute approximate surface area is 232 Å². The molecule has 0 radical (unpaired) electrons. The molecule has 3 aromatic rings. The Kier molecular flexibility index (Phi) is 5.81. The molecular weight excluding hydrogens is 510 g/mol. The highest BCUT2D eigenvalue weighted by Crippen LogP contribution is 2.68. The molecule has 3 fully saturated rings. The molecule has 2 saturated carbocycles. The lowest BCUT2D eigenvalue weighted by molar-refractivity contribution is -0.330. The van der Waals surface area contributed by atoms with E-state index in [9.17, 15) is 15.0 Å². The van der Waals surface area contributed by atoms with Gasteiger partial charge in [0.15, 0.2) is 6.29 Å². The normalized spacial score (nSPS) is 40.1. The van der Waals surface area contributed by atoms with Crippen LogP contribution >= 0.6 is 0 Å². The van der Waals surface area contributed by atoms with Crippen molar-refractivity contribution >= 4 is 0 Å². The first-order chi connectivity index (χ1) is 19.1. The number of hydrogen-bond donors (Lipinski definition) is 2. The van der Waals surface area contributed by atoms with Gasteiger partial charge in [0.2, 0.25) is 0 Å². The van der Waals surface area contributed by atoms with Crippen LogP contribution in [0.25, 0.3) is 11.3 Å². The fourth-order valence-corrected chi connectivity index (χ4v) is 8.49. The number of fused-ring (bicyclic) bond motifs is 6. The number of pyridine rings is 1. The highest BCUT2D eigenvalue weighted by molar-refractivity contribution is 5.59. The van der Waals surface area contributed by atoms with Crippen molar-refractivity contribution in [3.05, 3.63) is 82.5 Å². The van der Waals surface area contributed by atoms with Crippen LogP contribution in [0, 0.1) is 22.7 Å². The van der Waals surface area contributed by atoms with Crippen LogP contribution in [0.3, 0.4) is 0 Å². The maximum atomic E-state index is 13.3. The molecule has 7 rings (SSSR count). The first-order valence-corrected chi connectivity index (χ1v) is 14.1. The van der Waals surface area contributed by atoms with E-state index >= 15 is 0 Å². The number of ether oxygens (including phenoxy) is 3. The average molecular weight is 546 g/mol. The first kappa shape index (κ1) is 25.9. The standard InChI is InChI=1S/C32H35NO7/c1-30-12-11-24-31(2,17-37-29(39-24)18-8-5-4-6-9-18)22(30)15-23(34)32(3)27(30)26(35)25-21(40-32)14-20(38-28(25)36)19-10-7-13-33-16-19/h4-10,13-14,16,22-24,26-27,29,34-35H,11-12,15,17H2,1-3H3/t22?,23-,24-,26-,27?,29+,30-,31+,32+/m0/s1. The van der Waals surface area contributed by atoms with Gasteiger partial charge in [-0.3, -0.25) is 4.98 Å². The van der Waals surface area contributed by atoms with Crippen molar-refractivity contribution in [1.82, 2.24) is 4.98 Å². The molecule has 1 aromatic carbocycles. The third kappa shape index (κ3) is 3.59. The van der Waals surface area contributed by atoms with Gasteiger partial charge in [0.25, 0.3) is 0 Å². The molecule has 210 valence electrons. The molecule has 1 saturated heterocycles. The van der Waals surface area contributed by atoms with Crippen LogP contribution in [0.2, 0.25) is 0 Å². The minimum absolute atomic E-state index is 0.0370. The van der Waals surface area contributed by atoms with Crippen molar-refractivity contribution in [2.24, 2.45) is 22.7 Å². The van der Waals surface area contributed by atoms with E-state index in [4.69, 9.17) is 18.6 Å². The maximum absolute atomic E-state index is 13.3. The maximum Gasteiger partial charge on any atom is 0.345 e. The summed E-state index contributed by atoms with van der Waals surface area (Å²) in [6.07, 6.45) is 2.69. The number of aliphatic hydroxyl groups excluding tert-OH is 2. The molecule has 2 aliphatic heterocycles. The molecule has 2 unspecified atom stereocenters. The zero-order valence-corrected chi connectivity index (χ0v) is 22.9. The molecule has 8 heteroatoms. The van der Waals surface area contributed by atoms with Gasteiger partial charge in [-0.25, -0.2) is 4.79 Å². The molecular formula is C32H35NO7. The SMILES string of the molecule is C[C@]12CC[C@@H]3O[C@H](c4ccccc4)OC[C@]3(C)C1C[C@H](O)[C@@]1(C)Oc3cc(-c4cccnc4)oc(=O)c3[C@H](O)C21. The number of hydrogen-bond acceptors (Lipinski definition) is 8. The molecule has 4 aliphatic rings. The van der Waals surface area contributed by atoms with E-state index in [0.29, 0.717) is 24.4 Å². The van der Waals surface area contributed by atoms with Crippen molar-refractivity contribution in [2.45, 2.75) is 70.2 Å². The molecule has 8 nitrogen and oxygen atoms in total. The summed E-state index contributed by atoms with van der Waals surface area (Å²) in [7, 11) is 0. The number of aliphatic hydroxyl groups is 2. The highest BCUT2D eigenvalue weighted by Gasteiger charge is 2.70. The fraction of sp³-hybridized carbons (Fsp3) is 0.500. The zero-order chi connectivity index (χ0) is 27.9. The zero-order valence-electron chi connectivity index (χ0n) is 22.9. The first-order valence-electron chi connectivity index (χ1n) is 14.1. The highest BCUT2D eigenvalue weighted by atomic mass is 16.7. The van der Waals surface area contributed by atoms with Crippen LogP contribution in [0.4, 0.5) is 0 Å². The van der Waals surface area contributed by atoms with Gasteiger partial charge in [0.05, 0.1) is 24.9 Å². The van der Waals surface area contributed by atoms with Gasteiger partial charge < -0.3 is 28.8 Å². The van der Waals surface area contributed by atoms with Gasteiger partial charge >= 0.3 is 5.63 Å². The largest absolute Gasteiger partial charge is 0.484 e. The van der Waals surface area contributed by atoms with Crippen molar-refractivity contribution in [1.29, 1.82) is 0 Å². The summed E-state index contributed by atoms with van der Waals surface area (Å²) in [5.41, 5.74) is -0.880. The predicted molar refractivity (Wildman–Crippen MR) is 145 cm³/mol. The van der Waals surface area contributed by atoms with Crippen LogP contribution in [-0.4, -0.2) is 39.6 Å². The van der Waals surface area contributed by atoms with E-state index in [1.807, 2.05) is 37.3 Å². The molecule has 40 heavy (non-hydrogen) atoms. The molecule has 9 atom stereocenters. The molecule has 2 aromatic heterocycles. The van der Waals surface area contributed by atoms with E-state index in [1.165, 1.54) is 0 Å². The Hall–Kier alpha value is -3.04. The minimum Gasteiger partial charge on any atom is -0.484 e. The predicted octanol–water partition coefficient (Wildman–Crippen LogP) is 4.80. The van der Waals surface area contributed by atoms with Gasteiger partial charge in [-0.15, -0.1) is 0 Å². The second kappa shape index (κ2) is 8.98. The molecule has 4 heterocycles. The van der Waals surface area contributed by atoms with Crippen molar-refractivity contribution in [3.8, 4) is 17.1 Å².